The van der Waals surface area contributed by atoms with E-state index in [0.29, 0.717) is 41.0 Å². The van der Waals surface area contributed by atoms with Crippen molar-refractivity contribution in [3.8, 4) is 11.5 Å². The van der Waals surface area contributed by atoms with Gasteiger partial charge in [-0.25, -0.2) is 0 Å². The average molecular weight is 329 g/mol. The molecule has 6 nitrogen and oxygen atoms in total. The smallest absolute Gasteiger partial charge is 0.207 e. The second kappa shape index (κ2) is 7.31. The minimum atomic E-state index is 0.255. The molecule has 0 aliphatic heterocycles. The highest BCUT2D eigenvalue weighted by Crippen LogP contribution is 2.30. The van der Waals surface area contributed by atoms with E-state index >= 15 is 0 Å². The average Bonchev–Trinajstić information content (AvgIpc) is 2.80. The van der Waals surface area contributed by atoms with Crippen LogP contribution < -0.4 is 15.8 Å². The van der Waals surface area contributed by atoms with Crippen LogP contribution in [-0.4, -0.2) is 22.7 Å². The number of nitrogens with zero attached hydrogens (tertiary/aromatic N) is 2. The van der Waals surface area contributed by atoms with E-state index in [9.17, 15) is 4.79 Å². The Morgan fingerprint density at radius 2 is 2.05 bits per heavy atom. The topological polar surface area (TPSA) is 82.2 Å². The van der Waals surface area contributed by atoms with Crippen LogP contribution in [0.4, 0.5) is 0 Å². The molecule has 8 heteroatoms. The normalized spacial score (nSPS) is 10.4. The summed E-state index contributed by atoms with van der Waals surface area (Å²) in [6.07, 6.45) is 2.20. The van der Waals surface area contributed by atoms with Crippen molar-refractivity contribution >= 4 is 29.6 Å². The number of hydrogen-bond acceptors (Lipinski definition) is 4. The molecule has 2 aromatic rings. The largest absolute Gasteiger partial charge is 0.454 e. The first-order valence-corrected chi connectivity index (χ1v) is 6.95. The van der Waals surface area contributed by atoms with Gasteiger partial charge in [0.25, 0.3) is 0 Å². The van der Waals surface area contributed by atoms with Crippen LogP contribution in [0.3, 0.4) is 0 Å². The number of hydrogen-bond donors (Lipinski definition) is 2. The molecule has 0 saturated heterocycles. The van der Waals surface area contributed by atoms with E-state index in [0.717, 1.165) is 5.69 Å². The zero-order valence-electron chi connectivity index (χ0n) is 11.1. The molecule has 0 aliphatic carbocycles. The van der Waals surface area contributed by atoms with E-state index in [1.165, 1.54) is 0 Å². The van der Waals surface area contributed by atoms with Crippen LogP contribution >= 0.6 is 23.2 Å². The summed E-state index contributed by atoms with van der Waals surface area (Å²) in [4.78, 5) is 10.2. The Labute approximate surface area is 131 Å². The third-order valence-electron chi connectivity index (χ3n) is 2.72. The standard InChI is InChI=1S/C13H14Cl2N4O2/c14-9-3-10(15)5-11(4-9)21-13-7-18-19(12(13)6-16)2-1-17-8-20/h3-5,7-8H,1-2,6,16H2,(H,17,20). The predicted octanol–water partition coefficient (Wildman–Crippen LogP) is 2.19. The molecule has 1 aromatic heterocycles. The molecule has 0 spiro atoms. The van der Waals surface area contributed by atoms with Crippen molar-refractivity contribution in [3.63, 3.8) is 0 Å². The van der Waals surface area contributed by atoms with Gasteiger partial charge in [0.1, 0.15) is 5.75 Å². The van der Waals surface area contributed by atoms with Crippen LogP contribution in [0.5, 0.6) is 11.5 Å². The van der Waals surface area contributed by atoms with E-state index in [4.69, 9.17) is 33.7 Å². The Morgan fingerprint density at radius 3 is 2.67 bits per heavy atom. The monoisotopic (exact) mass is 328 g/mol. The lowest BCUT2D eigenvalue weighted by atomic mass is 10.3. The number of nitrogens with one attached hydrogen (secondary N) is 1. The Hall–Kier alpha value is -1.76. The quantitative estimate of drug-likeness (QED) is 0.603. The summed E-state index contributed by atoms with van der Waals surface area (Å²) in [6, 6.07) is 4.92. The van der Waals surface area contributed by atoms with Gasteiger partial charge in [-0.2, -0.15) is 5.10 Å². The molecular formula is C13H14Cl2N4O2. The number of benzene rings is 1. The second-order valence-electron chi connectivity index (χ2n) is 4.16. The van der Waals surface area contributed by atoms with Gasteiger partial charge in [-0.3, -0.25) is 9.48 Å². The first-order valence-electron chi connectivity index (χ1n) is 6.19. The lowest BCUT2D eigenvalue weighted by molar-refractivity contribution is -0.109. The summed E-state index contributed by atoms with van der Waals surface area (Å²) < 4.78 is 7.41. The lowest BCUT2D eigenvalue weighted by Gasteiger charge is -2.09. The minimum Gasteiger partial charge on any atom is -0.454 e. The van der Waals surface area contributed by atoms with Crippen LogP contribution in [0.25, 0.3) is 0 Å². The molecule has 0 saturated carbocycles. The number of carbonyl (C=O) groups excluding carboxylic acids is 1. The fourth-order valence-corrected chi connectivity index (χ4v) is 2.33. The van der Waals surface area contributed by atoms with Crippen molar-refractivity contribution in [1.29, 1.82) is 0 Å². The fraction of sp³-hybridized carbons (Fsp3) is 0.231. The first-order chi connectivity index (χ1) is 10.1. The van der Waals surface area contributed by atoms with E-state index < -0.39 is 0 Å². The fourth-order valence-electron chi connectivity index (χ4n) is 1.82. The summed E-state index contributed by atoms with van der Waals surface area (Å²) in [5, 5.41) is 7.72. The lowest BCUT2D eigenvalue weighted by Crippen LogP contribution is -2.20. The van der Waals surface area contributed by atoms with Crippen molar-refractivity contribution < 1.29 is 9.53 Å². The zero-order valence-corrected chi connectivity index (χ0v) is 12.6. The highest BCUT2D eigenvalue weighted by molar-refractivity contribution is 6.34. The molecule has 1 aromatic carbocycles. The molecule has 0 aliphatic rings. The summed E-state index contributed by atoms with van der Waals surface area (Å²) in [5.41, 5.74) is 6.45. The van der Waals surface area contributed by atoms with Gasteiger partial charge in [0, 0.05) is 23.1 Å². The second-order valence-corrected chi connectivity index (χ2v) is 5.03. The van der Waals surface area contributed by atoms with Gasteiger partial charge in [0.2, 0.25) is 6.41 Å². The van der Waals surface area contributed by atoms with Gasteiger partial charge in [-0.05, 0) is 18.2 Å². The number of carbonyl (C=O) groups is 1. The van der Waals surface area contributed by atoms with Gasteiger partial charge >= 0.3 is 0 Å². The van der Waals surface area contributed by atoms with Gasteiger partial charge < -0.3 is 15.8 Å². The molecule has 0 bridgehead atoms. The summed E-state index contributed by atoms with van der Waals surface area (Å²) in [7, 11) is 0. The van der Waals surface area contributed by atoms with Crippen molar-refractivity contribution in [2.24, 2.45) is 5.73 Å². The van der Waals surface area contributed by atoms with Gasteiger partial charge in [0.15, 0.2) is 5.75 Å². The summed E-state index contributed by atoms with van der Waals surface area (Å²) >= 11 is 11.9. The number of halogens is 2. The molecule has 2 rings (SSSR count). The summed E-state index contributed by atoms with van der Waals surface area (Å²) in [6.45, 7) is 1.22. The molecule has 0 atom stereocenters. The molecule has 0 unspecified atom stereocenters. The molecule has 112 valence electrons. The highest BCUT2D eigenvalue weighted by Gasteiger charge is 2.12. The van der Waals surface area contributed by atoms with Gasteiger partial charge in [0.05, 0.1) is 18.4 Å². The van der Waals surface area contributed by atoms with Crippen LogP contribution in [0.2, 0.25) is 10.0 Å². The molecule has 1 amide bonds. The Morgan fingerprint density at radius 1 is 1.33 bits per heavy atom. The number of amides is 1. The third kappa shape index (κ3) is 4.10. The van der Waals surface area contributed by atoms with Crippen molar-refractivity contribution in [2.75, 3.05) is 6.54 Å². The molecule has 0 fully saturated rings. The van der Waals surface area contributed by atoms with Crippen LogP contribution in [0.1, 0.15) is 5.69 Å². The zero-order chi connectivity index (χ0) is 15.2. The van der Waals surface area contributed by atoms with Crippen molar-refractivity contribution in [1.82, 2.24) is 15.1 Å². The SMILES string of the molecule is NCc1c(Oc2cc(Cl)cc(Cl)c2)cnn1CCNC=O. The Balaban J connectivity index is 2.17. The van der Waals surface area contributed by atoms with Crippen molar-refractivity contribution in [2.45, 2.75) is 13.1 Å². The maximum Gasteiger partial charge on any atom is 0.207 e. The summed E-state index contributed by atoms with van der Waals surface area (Å²) in [5.74, 6) is 1.04. The maximum absolute atomic E-state index is 10.2. The van der Waals surface area contributed by atoms with E-state index in [2.05, 4.69) is 10.4 Å². The minimum absolute atomic E-state index is 0.255. The third-order valence-corrected chi connectivity index (χ3v) is 3.16. The van der Waals surface area contributed by atoms with Crippen LogP contribution in [-0.2, 0) is 17.9 Å². The number of aromatic nitrogens is 2. The molecular weight excluding hydrogens is 315 g/mol. The Kier molecular flexibility index (Phi) is 5.44. The predicted molar refractivity (Wildman–Crippen MR) is 80.7 cm³/mol. The number of ether oxygens (including phenoxy) is 1. The van der Waals surface area contributed by atoms with Gasteiger partial charge in [-0.15, -0.1) is 0 Å². The Bertz CT molecular complexity index is 610. The van der Waals surface area contributed by atoms with Crippen LogP contribution in [0, 0.1) is 0 Å². The van der Waals surface area contributed by atoms with Crippen LogP contribution in [0.15, 0.2) is 24.4 Å². The molecule has 1 heterocycles. The molecule has 21 heavy (non-hydrogen) atoms. The van der Waals surface area contributed by atoms with E-state index in [1.54, 1.807) is 29.1 Å². The number of rotatable bonds is 7. The maximum atomic E-state index is 10.2. The van der Waals surface area contributed by atoms with Crippen molar-refractivity contribution in [3.05, 3.63) is 40.1 Å². The van der Waals surface area contributed by atoms with Gasteiger partial charge in [-0.1, -0.05) is 23.2 Å². The highest BCUT2D eigenvalue weighted by atomic mass is 35.5. The van der Waals surface area contributed by atoms with E-state index in [-0.39, 0.29) is 6.54 Å². The van der Waals surface area contributed by atoms with E-state index in [1.807, 2.05) is 0 Å². The molecule has 3 N–H and O–H groups in total. The first kappa shape index (κ1) is 15.6. The molecule has 0 radical (unpaired) electrons. The number of nitrogens with two attached hydrogens (primary N) is 1.